The molecule has 0 spiro atoms. The second kappa shape index (κ2) is 58.9. The number of aliphatic hydroxyl groups excluding tert-OH is 11. The topological polar surface area (TPSA) is 307 Å². The largest absolute Gasteiger partial charge is 0.394 e. The van der Waals surface area contributed by atoms with E-state index in [0.29, 0.717) is 12.8 Å². The second-order valence-electron chi connectivity index (χ2n) is 27.8. The number of unbranched alkanes of at least 4 members (excludes halogenated alkanes) is 37. The van der Waals surface area contributed by atoms with E-state index in [-0.39, 0.29) is 18.9 Å². The molecule has 0 aliphatic carbocycles. The van der Waals surface area contributed by atoms with E-state index in [4.69, 9.17) is 28.4 Å². The molecule has 97 heavy (non-hydrogen) atoms. The molecule has 17 atom stereocenters. The molecule has 3 aliphatic heterocycles. The summed E-state index contributed by atoms with van der Waals surface area (Å²) in [6.07, 6.45) is 48.0. The lowest BCUT2D eigenvalue weighted by molar-refractivity contribution is -0.379. The summed E-state index contributed by atoms with van der Waals surface area (Å²) < 4.78 is 34.4. The molecular weight excluding hydrogens is 1240 g/mol. The van der Waals surface area contributed by atoms with Crippen LogP contribution in [0.15, 0.2) is 60.8 Å². The number of rotatable bonds is 61. The Hall–Kier alpha value is -2.51. The maximum absolute atomic E-state index is 13.4. The third-order valence-electron chi connectivity index (χ3n) is 19.3. The molecule has 1 amide bonds. The molecular formula is C78H141NO18. The summed E-state index contributed by atoms with van der Waals surface area (Å²) in [6, 6.07) is -0.997. The van der Waals surface area contributed by atoms with Crippen molar-refractivity contribution >= 4 is 5.91 Å². The zero-order chi connectivity index (χ0) is 70.4. The van der Waals surface area contributed by atoms with Gasteiger partial charge in [0, 0.05) is 6.42 Å². The normalized spacial score (nSPS) is 27.2. The van der Waals surface area contributed by atoms with Crippen LogP contribution in [-0.4, -0.2) is 193 Å². The van der Waals surface area contributed by atoms with Gasteiger partial charge >= 0.3 is 0 Å². The molecule has 3 heterocycles. The summed E-state index contributed by atoms with van der Waals surface area (Å²) in [6.45, 7) is 1.71. The first-order valence-electron chi connectivity index (χ1n) is 39.0. The molecule has 0 radical (unpaired) electrons. The fourth-order valence-corrected chi connectivity index (χ4v) is 13.0. The molecule has 17 unspecified atom stereocenters. The van der Waals surface area contributed by atoms with Gasteiger partial charge in [-0.25, -0.2) is 0 Å². The minimum Gasteiger partial charge on any atom is -0.394 e. The van der Waals surface area contributed by atoms with Gasteiger partial charge in [-0.3, -0.25) is 4.79 Å². The smallest absolute Gasteiger partial charge is 0.220 e. The highest BCUT2D eigenvalue weighted by Gasteiger charge is 2.53. The molecule has 19 nitrogen and oxygen atoms in total. The number of hydrogen-bond acceptors (Lipinski definition) is 18. The molecule has 19 heteroatoms. The van der Waals surface area contributed by atoms with E-state index in [0.717, 1.165) is 51.4 Å². The molecule has 566 valence electrons. The Morgan fingerprint density at radius 3 is 1.09 bits per heavy atom. The molecule has 0 bridgehead atoms. The predicted octanol–water partition coefficient (Wildman–Crippen LogP) is 12.3. The zero-order valence-corrected chi connectivity index (χ0v) is 60.3. The number of aliphatic hydroxyl groups is 11. The monoisotopic (exact) mass is 1380 g/mol. The zero-order valence-electron chi connectivity index (χ0n) is 60.3. The van der Waals surface area contributed by atoms with Crippen LogP contribution in [0.25, 0.3) is 0 Å². The van der Waals surface area contributed by atoms with Crippen LogP contribution in [0.5, 0.6) is 0 Å². The van der Waals surface area contributed by atoms with Gasteiger partial charge < -0.3 is 89.9 Å². The number of carbonyl (C=O) groups is 1. The first-order chi connectivity index (χ1) is 47.3. The van der Waals surface area contributed by atoms with Gasteiger partial charge in [-0.1, -0.05) is 274 Å². The minimum atomic E-state index is -1.98. The van der Waals surface area contributed by atoms with Gasteiger partial charge in [0.05, 0.1) is 38.6 Å². The lowest BCUT2D eigenvalue weighted by atomic mass is 9.96. The standard InChI is InChI=1S/C78H141NO18/c1-3-5-7-9-11-13-15-17-19-21-22-23-24-25-26-27-28-29-30-31-32-33-34-35-36-37-38-40-42-44-46-48-50-52-54-56-66(84)79-61(62(83)55-53-51-49-47-45-43-41-39-20-18-16-14-12-10-8-6-4-2)60-92-76-72(90)69(87)74(64(58-81)94-76)97-78-73(91)70(88)75(65(59-82)95-78)96-77-71(89)68(86)67(85)63(57-80)93-77/h15,17,20-22,39,45,47,53,55,61-65,67-78,80-83,85-91H,3-14,16,18-19,23-38,40-44,46,48-52,54,56-60H2,1-2H3,(H,79,84)/b17-15-,22-21-,39-20+,47-45+,55-53+. The van der Waals surface area contributed by atoms with Crippen LogP contribution in [0.1, 0.15) is 296 Å². The highest BCUT2D eigenvalue weighted by molar-refractivity contribution is 5.76. The van der Waals surface area contributed by atoms with Gasteiger partial charge in [0.1, 0.15) is 73.2 Å². The fraction of sp³-hybridized carbons (Fsp3) is 0.859. The van der Waals surface area contributed by atoms with Crippen molar-refractivity contribution in [1.29, 1.82) is 0 Å². The third-order valence-corrected chi connectivity index (χ3v) is 19.3. The van der Waals surface area contributed by atoms with E-state index < -0.39 is 124 Å². The lowest BCUT2D eigenvalue weighted by Crippen LogP contribution is -2.66. The molecule has 0 saturated carbocycles. The van der Waals surface area contributed by atoms with Gasteiger partial charge in [-0.05, 0) is 77.0 Å². The summed E-state index contributed by atoms with van der Waals surface area (Å²) >= 11 is 0. The van der Waals surface area contributed by atoms with Gasteiger partial charge in [-0.15, -0.1) is 0 Å². The maximum Gasteiger partial charge on any atom is 0.220 e. The number of hydrogen-bond donors (Lipinski definition) is 12. The van der Waals surface area contributed by atoms with Crippen LogP contribution < -0.4 is 5.32 Å². The summed E-state index contributed by atoms with van der Waals surface area (Å²) in [7, 11) is 0. The fourth-order valence-electron chi connectivity index (χ4n) is 13.0. The highest BCUT2D eigenvalue weighted by atomic mass is 16.8. The van der Waals surface area contributed by atoms with Crippen molar-refractivity contribution in [2.45, 2.75) is 401 Å². The van der Waals surface area contributed by atoms with Crippen molar-refractivity contribution in [3.8, 4) is 0 Å². The van der Waals surface area contributed by atoms with Gasteiger partial charge in [0.25, 0.3) is 0 Å². The summed E-state index contributed by atoms with van der Waals surface area (Å²) in [5, 5.41) is 121. The SMILES string of the molecule is CCCCCCC/C=C\C/C=C\CCCCCCCCCCCCCCCCCCCCCCCCCC(=O)NC(COC1OC(CO)C(OC2OC(CO)C(OC3OC(CO)C(O)C(O)C3O)C(O)C2O)C(O)C1O)C(O)/C=C/CC/C=C/CC/C=C/CCCCCCCCC. The predicted molar refractivity (Wildman–Crippen MR) is 383 cm³/mol. The molecule has 0 aromatic carbocycles. The first-order valence-corrected chi connectivity index (χ1v) is 39.0. The summed E-state index contributed by atoms with van der Waals surface area (Å²) in [5.41, 5.74) is 0. The average molecular weight is 1380 g/mol. The van der Waals surface area contributed by atoms with E-state index in [9.17, 15) is 61.0 Å². The third kappa shape index (κ3) is 39.6. The molecule has 3 saturated heterocycles. The van der Waals surface area contributed by atoms with E-state index in [2.05, 4.69) is 67.8 Å². The van der Waals surface area contributed by atoms with Crippen molar-refractivity contribution in [3.63, 3.8) is 0 Å². The Morgan fingerprint density at radius 1 is 0.371 bits per heavy atom. The number of ether oxygens (including phenoxy) is 6. The quantitative estimate of drug-likeness (QED) is 0.0199. The van der Waals surface area contributed by atoms with Crippen LogP contribution in [0.2, 0.25) is 0 Å². The second-order valence-corrected chi connectivity index (χ2v) is 27.8. The number of nitrogens with one attached hydrogen (secondary N) is 1. The first kappa shape index (κ1) is 88.7. The van der Waals surface area contributed by atoms with Crippen LogP contribution >= 0.6 is 0 Å². The van der Waals surface area contributed by atoms with Crippen molar-refractivity contribution < 1.29 is 89.4 Å². The van der Waals surface area contributed by atoms with Crippen molar-refractivity contribution in [1.82, 2.24) is 5.32 Å². The van der Waals surface area contributed by atoms with Crippen molar-refractivity contribution in [2.24, 2.45) is 0 Å². The summed E-state index contributed by atoms with van der Waals surface area (Å²) in [5.74, 6) is -0.286. The number of carbonyl (C=O) groups excluding carboxylic acids is 1. The molecule has 3 rings (SSSR count). The lowest BCUT2D eigenvalue weighted by Gasteiger charge is -2.48. The average Bonchev–Trinajstić information content (AvgIpc) is 0.792. The Morgan fingerprint density at radius 2 is 0.691 bits per heavy atom. The van der Waals surface area contributed by atoms with E-state index in [1.165, 1.54) is 212 Å². The Kier molecular flexibility index (Phi) is 53.9. The number of allylic oxidation sites excluding steroid dienone is 9. The van der Waals surface area contributed by atoms with E-state index in [1.807, 2.05) is 6.08 Å². The minimum absolute atomic E-state index is 0.234. The molecule has 0 aromatic heterocycles. The van der Waals surface area contributed by atoms with Gasteiger partial charge in [0.2, 0.25) is 5.91 Å². The van der Waals surface area contributed by atoms with E-state index in [1.54, 1.807) is 6.08 Å². The summed E-state index contributed by atoms with van der Waals surface area (Å²) in [4.78, 5) is 13.4. The highest BCUT2D eigenvalue weighted by Crippen LogP contribution is 2.33. The van der Waals surface area contributed by atoms with Gasteiger partial charge in [0.15, 0.2) is 18.9 Å². The molecule has 12 N–H and O–H groups in total. The van der Waals surface area contributed by atoms with E-state index >= 15 is 0 Å². The molecule has 0 aromatic rings. The maximum atomic E-state index is 13.4. The molecule has 3 aliphatic rings. The van der Waals surface area contributed by atoms with Crippen molar-refractivity contribution in [3.05, 3.63) is 60.8 Å². The van der Waals surface area contributed by atoms with Gasteiger partial charge in [-0.2, -0.15) is 0 Å². The van der Waals surface area contributed by atoms with Crippen LogP contribution in [0, 0.1) is 0 Å². The number of amides is 1. The Labute approximate surface area is 586 Å². The molecule has 3 fully saturated rings. The Balaban J connectivity index is 1.34. The Bertz CT molecular complexity index is 1990. The van der Waals surface area contributed by atoms with Crippen LogP contribution in [0.3, 0.4) is 0 Å². The van der Waals surface area contributed by atoms with Crippen molar-refractivity contribution in [2.75, 3.05) is 26.4 Å². The van der Waals surface area contributed by atoms with Crippen LogP contribution in [-0.2, 0) is 33.2 Å². The van der Waals surface area contributed by atoms with Crippen LogP contribution in [0.4, 0.5) is 0 Å².